The Hall–Kier alpha value is -3.01. The largest absolute Gasteiger partial charge is 0.490 e. The van der Waals surface area contributed by atoms with Gasteiger partial charge in [0.1, 0.15) is 6.54 Å². The fourth-order valence-electron chi connectivity index (χ4n) is 2.71. The van der Waals surface area contributed by atoms with Gasteiger partial charge in [0.2, 0.25) is 5.91 Å². The lowest BCUT2D eigenvalue weighted by atomic mass is 10.1. The molecular formula is C21H16Cl2N2O6S. The summed E-state index contributed by atoms with van der Waals surface area (Å²) in [6, 6.07) is 9.10. The first kappa shape index (κ1) is 23.6. The van der Waals surface area contributed by atoms with Crippen LogP contribution in [0.4, 0.5) is 4.79 Å². The average Bonchev–Trinajstić information content (AvgIpc) is 2.98. The summed E-state index contributed by atoms with van der Waals surface area (Å²) in [5, 5.41) is -0.0789. The third-order valence-electron chi connectivity index (χ3n) is 4.09. The number of primary amides is 1. The zero-order valence-corrected chi connectivity index (χ0v) is 18.9. The third kappa shape index (κ3) is 5.42. The summed E-state index contributed by atoms with van der Waals surface area (Å²) in [4.78, 5) is 48.8. The minimum atomic E-state index is -0.804. The van der Waals surface area contributed by atoms with Crippen LogP contribution in [0.5, 0.6) is 11.5 Å². The Kier molecular flexibility index (Phi) is 7.44. The standard InChI is InChI=1S/C21H16Cl2N2O6S/c1-2-30-15-8-11(9-16-19(27)25(10-17(24)26)21(29)32-16)7-14(23)18(15)31-20(28)12-3-5-13(22)6-4-12/h3-9H,2,10H2,1H3,(H2,24,26)/b16-9-. The molecule has 0 radical (unpaired) electrons. The van der Waals surface area contributed by atoms with Gasteiger partial charge in [0.05, 0.1) is 22.1 Å². The van der Waals surface area contributed by atoms with Gasteiger partial charge in [0.25, 0.3) is 11.1 Å². The first-order chi connectivity index (χ1) is 15.2. The van der Waals surface area contributed by atoms with E-state index in [9.17, 15) is 19.2 Å². The van der Waals surface area contributed by atoms with Gasteiger partial charge in [-0.2, -0.15) is 0 Å². The van der Waals surface area contributed by atoms with E-state index in [1.165, 1.54) is 30.3 Å². The van der Waals surface area contributed by atoms with Crippen LogP contribution < -0.4 is 15.2 Å². The summed E-state index contributed by atoms with van der Waals surface area (Å²) in [6.07, 6.45) is 1.42. The second-order valence-electron chi connectivity index (χ2n) is 6.39. The molecule has 3 rings (SSSR count). The Morgan fingerprint density at radius 1 is 1.16 bits per heavy atom. The van der Waals surface area contributed by atoms with Crippen molar-refractivity contribution in [1.82, 2.24) is 4.90 Å². The molecule has 1 aliphatic heterocycles. The molecule has 2 aromatic rings. The topological polar surface area (TPSA) is 116 Å². The fraction of sp³-hybridized carbons (Fsp3) is 0.143. The number of nitrogens with zero attached hydrogens (tertiary/aromatic N) is 1. The minimum Gasteiger partial charge on any atom is -0.490 e. The molecule has 2 N–H and O–H groups in total. The number of esters is 1. The Morgan fingerprint density at radius 2 is 1.84 bits per heavy atom. The maximum atomic E-state index is 12.5. The minimum absolute atomic E-state index is 0.00690. The number of benzene rings is 2. The second-order valence-corrected chi connectivity index (χ2v) is 8.23. The highest BCUT2D eigenvalue weighted by molar-refractivity contribution is 8.18. The van der Waals surface area contributed by atoms with Crippen molar-refractivity contribution in [2.24, 2.45) is 5.73 Å². The molecule has 0 atom stereocenters. The van der Waals surface area contributed by atoms with Crippen LogP contribution in [0.3, 0.4) is 0 Å². The first-order valence-corrected chi connectivity index (χ1v) is 10.7. The molecule has 1 fully saturated rings. The van der Waals surface area contributed by atoms with Gasteiger partial charge in [-0.25, -0.2) is 4.79 Å². The number of amides is 3. The van der Waals surface area contributed by atoms with Crippen LogP contribution in [0.2, 0.25) is 10.0 Å². The highest BCUT2D eigenvalue weighted by Gasteiger charge is 2.36. The fourth-order valence-corrected chi connectivity index (χ4v) is 3.94. The molecule has 0 aromatic heterocycles. The number of rotatable bonds is 7. The van der Waals surface area contributed by atoms with E-state index in [4.69, 9.17) is 38.4 Å². The maximum absolute atomic E-state index is 12.5. The Bertz CT molecular complexity index is 1130. The SMILES string of the molecule is CCOc1cc(/C=C2\SC(=O)N(CC(N)=O)C2=O)cc(Cl)c1OC(=O)c1ccc(Cl)cc1. The zero-order chi connectivity index (χ0) is 23.4. The number of hydrogen-bond donors (Lipinski definition) is 1. The van der Waals surface area contributed by atoms with Crippen molar-refractivity contribution in [3.63, 3.8) is 0 Å². The highest BCUT2D eigenvalue weighted by atomic mass is 35.5. The van der Waals surface area contributed by atoms with Crippen molar-refractivity contribution in [1.29, 1.82) is 0 Å². The monoisotopic (exact) mass is 494 g/mol. The molecule has 1 heterocycles. The van der Waals surface area contributed by atoms with Crippen LogP contribution in [0.15, 0.2) is 41.3 Å². The number of nitrogens with two attached hydrogens (primary N) is 1. The normalized spacial score (nSPS) is 14.7. The number of carbonyl (C=O) groups excluding carboxylic acids is 4. The summed E-state index contributed by atoms with van der Waals surface area (Å²) in [5.74, 6) is -1.93. The van der Waals surface area contributed by atoms with Crippen LogP contribution in [0.25, 0.3) is 6.08 Å². The summed E-state index contributed by atoms with van der Waals surface area (Å²) in [5.41, 5.74) is 5.77. The van der Waals surface area contributed by atoms with Gasteiger partial charge < -0.3 is 15.2 Å². The second kappa shape index (κ2) is 10.1. The molecule has 166 valence electrons. The molecule has 8 nitrogen and oxygen atoms in total. The molecule has 0 bridgehead atoms. The van der Waals surface area contributed by atoms with Gasteiger partial charge in [0, 0.05) is 5.02 Å². The van der Waals surface area contributed by atoms with Crippen molar-refractivity contribution in [2.45, 2.75) is 6.92 Å². The summed E-state index contributed by atoms with van der Waals surface area (Å²) >= 11 is 12.8. The van der Waals surface area contributed by atoms with Gasteiger partial charge in [0.15, 0.2) is 11.5 Å². The number of hydrogen-bond acceptors (Lipinski definition) is 7. The Morgan fingerprint density at radius 3 is 2.47 bits per heavy atom. The van der Waals surface area contributed by atoms with Gasteiger partial charge in [-0.1, -0.05) is 23.2 Å². The molecule has 0 saturated carbocycles. The van der Waals surface area contributed by atoms with E-state index in [0.29, 0.717) is 22.3 Å². The van der Waals surface area contributed by atoms with Crippen LogP contribution in [0.1, 0.15) is 22.8 Å². The molecule has 1 aliphatic rings. The number of carbonyl (C=O) groups is 4. The molecule has 0 spiro atoms. The third-order valence-corrected chi connectivity index (χ3v) is 5.53. The summed E-state index contributed by atoms with van der Waals surface area (Å²) < 4.78 is 11.0. The predicted molar refractivity (Wildman–Crippen MR) is 121 cm³/mol. The van der Waals surface area contributed by atoms with E-state index in [1.54, 1.807) is 19.1 Å². The van der Waals surface area contributed by atoms with Crippen molar-refractivity contribution < 1.29 is 28.7 Å². The highest BCUT2D eigenvalue weighted by Crippen LogP contribution is 2.39. The summed E-state index contributed by atoms with van der Waals surface area (Å²) in [6.45, 7) is 1.48. The molecule has 0 unspecified atom stereocenters. The van der Waals surface area contributed by atoms with E-state index in [1.807, 2.05) is 0 Å². The number of halogens is 2. The predicted octanol–water partition coefficient (Wildman–Crippen LogP) is 4.13. The van der Waals surface area contributed by atoms with Gasteiger partial charge in [-0.15, -0.1) is 0 Å². The van der Waals surface area contributed by atoms with Crippen molar-refractivity contribution >= 4 is 64.1 Å². The zero-order valence-electron chi connectivity index (χ0n) is 16.6. The van der Waals surface area contributed by atoms with Crippen LogP contribution in [-0.4, -0.2) is 41.1 Å². The Labute approximate surface area is 197 Å². The van der Waals surface area contributed by atoms with E-state index < -0.39 is 29.6 Å². The van der Waals surface area contributed by atoms with Gasteiger partial charge in [-0.05, 0) is 66.7 Å². The van der Waals surface area contributed by atoms with Crippen LogP contribution in [0, 0.1) is 0 Å². The molecule has 1 saturated heterocycles. The summed E-state index contributed by atoms with van der Waals surface area (Å²) in [7, 11) is 0. The molecule has 11 heteroatoms. The number of ether oxygens (including phenoxy) is 2. The van der Waals surface area contributed by atoms with Gasteiger partial charge >= 0.3 is 5.97 Å². The molecule has 2 aromatic carbocycles. The quantitative estimate of drug-likeness (QED) is 0.349. The molecule has 3 amide bonds. The lowest BCUT2D eigenvalue weighted by molar-refractivity contribution is -0.127. The number of imide groups is 1. The van der Waals surface area contributed by atoms with Gasteiger partial charge in [-0.3, -0.25) is 19.3 Å². The first-order valence-electron chi connectivity index (χ1n) is 9.17. The lowest BCUT2D eigenvalue weighted by Crippen LogP contribution is -2.36. The molecule has 0 aliphatic carbocycles. The van der Waals surface area contributed by atoms with Crippen molar-refractivity contribution in [2.75, 3.05) is 13.2 Å². The lowest BCUT2D eigenvalue weighted by Gasteiger charge is -2.13. The van der Waals surface area contributed by atoms with Crippen molar-refractivity contribution in [3.8, 4) is 11.5 Å². The van der Waals surface area contributed by atoms with E-state index >= 15 is 0 Å². The smallest absolute Gasteiger partial charge is 0.343 e. The number of thioether (sulfide) groups is 1. The average molecular weight is 495 g/mol. The van der Waals surface area contributed by atoms with E-state index in [-0.39, 0.29) is 33.6 Å². The van der Waals surface area contributed by atoms with E-state index in [0.717, 1.165) is 4.90 Å². The van der Waals surface area contributed by atoms with Crippen LogP contribution >= 0.6 is 35.0 Å². The molecule has 32 heavy (non-hydrogen) atoms. The molecular weight excluding hydrogens is 479 g/mol. The van der Waals surface area contributed by atoms with Crippen LogP contribution in [-0.2, 0) is 9.59 Å². The maximum Gasteiger partial charge on any atom is 0.343 e. The van der Waals surface area contributed by atoms with E-state index in [2.05, 4.69) is 0 Å². The Balaban J connectivity index is 1.90. The van der Waals surface area contributed by atoms with Crippen molar-refractivity contribution in [3.05, 3.63) is 62.5 Å².